The van der Waals surface area contributed by atoms with Crippen LogP contribution in [-0.2, 0) is 10.3 Å². The number of nitrogens with two attached hydrogens (primary N) is 1. The number of rotatable bonds is 3. The summed E-state index contributed by atoms with van der Waals surface area (Å²) < 4.78 is 33.5. The van der Waals surface area contributed by atoms with Gasteiger partial charge in [-0.2, -0.15) is 8.78 Å². The molecule has 1 aromatic rings. The topological polar surface area (TPSA) is 44.5 Å². The fourth-order valence-corrected chi connectivity index (χ4v) is 1.99. The maximum Gasteiger partial charge on any atom is 0.387 e. The summed E-state index contributed by atoms with van der Waals surface area (Å²) >= 11 is 0. The smallest absolute Gasteiger partial charge is 0.387 e. The number of ether oxygens (including phenoxy) is 2. The zero-order valence-corrected chi connectivity index (χ0v) is 10.6. The number of hydrogen-bond donors (Lipinski definition) is 1. The van der Waals surface area contributed by atoms with Crippen molar-refractivity contribution in [1.29, 1.82) is 0 Å². The van der Waals surface area contributed by atoms with E-state index in [0.717, 1.165) is 18.4 Å². The third-order valence-electron chi connectivity index (χ3n) is 3.04. The van der Waals surface area contributed by atoms with Crippen molar-refractivity contribution in [2.24, 2.45) is 5.73 Å². The lowest BCUT2D eigenvalue weighted by molar-refractivity contribution is -0.0498. The van der Waals surface area contributed by atoms with Crippen molar-refractivity contribution in [2.45, 2.75) is 25.0 Å². The molecular weight excluding hydrogens is 264 g/mol. The minimum Gasteiger partial charge on any atom is -0.435 e. The first-order valence-electron chi connectivity index (χ1n) is 5.52. The van der Waals surface area contributed by atoms with Crippen LogP contribution in [0.4, 0.5) is 8.78 Å². The number of benzene rings is 1. The zero-order valence-electron chi connectivity index (χ0n) is 9.77. The Hall–Kier alpha value is -0.910. The summed E-state index contributed by atoms with van der Waals surface area (Å²) in [6.07, 6.45) is 1.48. The van der Waals surface area contributed by atoms with Gasteiger partial charge in [0.2, 0.25) is 0 Å². The van der Waals surface area contributed by atoms with E-state index >= 15 is 0 Å². The van der Waals surface area contributed by atoms with E-state index in [0.29, 0.717) is 13.2 Å². The highest BCUT2D eigenvalue weighted by atomic mass is 35.5. The minimum absolute atomic E-state index is 0. The van der Waals surface area contributed by atoms with Crippen molar-refractivity contribution < 1.29 is 18.3 Å². The molecule has 6 heteroatoms. The first-order chi connectivity index (χ1) is 8.10. The second-order valence-electron chi connectivity index (χ2n) is 4.17. The molecule has 0 spiro atoms. The second-order valence-corrected chi connectivity index (χ2v) is 4.17. The normalized spacial score (nSPS) is 18.2. The molecule has 0 aliphatic carbocycles. The molecule has 2 rings (SSSR count). The Labute approximate surface area is 111 Å². The average molecular weight is 280 g/mol. The van der Waals surface area contributed by atoms with Crippen LogP contribution in [0.2, 0.25) is 0 Å². The zero-order chi connectivity index (χ0) is 12.3. The van der Waals surface area contributed by atoms with Crippen molar-refractivity contribution in [3.05, 3.63) is 29.8 Å². The molecule has 0 radical (unpaired) electrons. The average Bonchev–Trinajstić information content (AvgIpc) is 2.30. The summed E-state index contributed by atoms with van der Waals surface area (Å²) in [7, 11) is 0. The van der Waals surface area contributed by atoms with Gasteiger partial charge in [0.05, 0.1) is 0 Å². The van der Waals surface area contributed by atoms with Gasteiger partial charge in [-0.3, -0.25) is 0 Å². The van der Waals surface area contributed by atoms with Gasteiger partial charge in [0.25, 0.3) is 0 Å². The molecule has 2 N–H and O–H groups in total. The van der Waals surface area contributed by atoms with E-state index in [4.69, 9.17) is 10.5 Å². The lowest BCUT2D eigenvalue weighted by Crippen LogP contribution is -2.42. The first-order valence-corrected chi connectivity index (χ1v) is 5.52. The molecule has 0 amide bonds. The van der Waals surface area contributed by atoms with Gasteiger partial charge in [-0.15, -0.1) is 12.4 Å². The van der Waals surface area contributed by atoms with Crippen LogP contribution in [0.5, 0.6) is 5.75 Å². The molecule has 1 heterocycles. The maximum atomic E-state index is 12.0. The number of halogens is 3. The summed E-state index contributed by atoms with van der Waals surface area (Å²) in [5.74, 6) is 0.152. The molecule has 0 bridgehead atoms. The maximum absolute atomic E-state index is 12.0. The van der Waals surface area contributed by atoms with Crippen LogP contribution >= 0.6 is 12.4 Å². The third kappa shape index (κ3) is 3.54. The van der Waals surface area contributed by atoms with Gasteiger partial charge in [-0.05, 0) is 30.5 Å². The largest absolute Gasteiger partial charge is 0.435 e. The molecule has 1 saturated heterocycles. The molecule has 1 fully saturated rings. The van der Waals surface area contributed by atoms with Crippen LogP contribution in [0.1, 0.15) is 18.4 Å². The highest BCUT2D eigenvalue weighted by Crippen LogP contribution is 2.30. The summed E-state index contributed by atoms with van der Waals surface area (Å²) in [6.45, 7) is -1.53. The van der Waals surface area contributed by atoms with Gasteiger partial charge < -0.3 is 15.2 Å². The van der Waals surface area contributed by atoms with Crippen LogP contribution in [0.15, 0.2) is 24.3 Å². The molecule has 18 heavy (non-hydrogen) atoms. The van der Waals surface area contributed by atoms with Crippen molar-refractivity contribution in [1.82, 2.24) is 0 Å². The summed E-state index contributed by atoms with van der Waals surface area (Å²) in [6, 6.07) is 6.52. The fourth-order valence-electron chi connectivity index (χ4n) is 1.99. The molecule has 102 valence electrons. The molecule has 1 aliphatic rings. The molecule has 3 nitrogen and oxygen atoms in total. The van der Waals surface area contributed by atoms with Crippen LogP contribution in [0.25, 0.3) is 0 Å². The highest BCUT2D eigenvalue weighted by Gasteiger charge is 2.29. The van der Waals surface area contributed by atoms with Crippen LogP contribution in [-0.4, -0.2) is 19.8 Å². The van der Waals surface area contributed by atoms with Crippen molar-refractivity contribution in [2.75, 3.05) is 13.2 Å². The second kappa shape index (κ2) is 6.31. The van der Waals surface area contributed by atoms with E-state index in [1.54, 1.807) is 12.1 Å². The summed E-state index contributed by atoms with van der Waals surface area (Å²) in [4.78, 5) is 0. The van der Waals surface area contributed by atoms with Crippen molar-refractivity contribution in [3.63, 3.8) is 0 Å². The fraction of sp³-hybridized carbons (Fsp3) is 0.500. The van der Waals surface area contributed by atoms with Gasteiger partial charge >= 0.3 is 6.61 Å². The summed E-state index contributed by atoms with van der Waals surface area (Å²) in [5.41, 5.74) is 6.78. The third-order valence-corrected chi connectivity index (χ3v) is 3.04. The van der Waals surface area contributed by atoms with Crippen LogP contribution in [0, 0.1) is 0 Å². The minimum atomic E-state index is -2.80. The van der Waals surface area contributed by atoms with E-state index in [2.05, 4.69) is 4.74 Å². The highest BCUT2D eigenvalue weighted by molar-refractivity contribution is 5.85. The van der Waals surface area contributed by atoms with E-state index in [1.807, 2.05) is 0 Å². The monoisotopic (exact) mass is 279 g/mol. The van der Waals surface area contributed by atoms with Crippen molar-refractivity contribution >= 4 is 12.4 Å². The Balaban J connectivity index is 0.00000162. The molecule has 0 aromatic heterocycles. The van der Waals surface area contributed by atoms with Gasteiger partial charge in [-0.1, -0.05) is 12.1 Å². The Bertz CT molecular complexity index is 367. The first kappa shape index (κ1) is 15.1. The van der Waals surface area contributed by atoms with Gasteiger partial charge in [0.1, 0.15) is 5.75 Å². The van der Waals surface area contributed by atoms with E-state index in [-0.39, 0.29) is 18.2 Å². The lowest BCUT2D eigenvalue weighted by Gasteiger charge is -2.33. The Morgan fingerprint density at radius 1 is 1.17 bits per heavy atom. The molecule has 1 aliphatic heterocycles. The van der Waals surface area contributed by atoms with Crippen molar-refractivity contribution in [3.8, 4) is 5.75 Å². The Morgan fingerprint density at radius 2 is 1.72 bits per heavy atom. The molecule has 0 atom stereocenters. The standard InChI is InChI=1S/C12H15F2NO2.ClH/c13-11(14)17-10-3-1-9(2-4-10)12(15)5-7-16-8-6-12;/h1-4,11H,5-8,15H2;1H. The lowest BCUT2D eigenvalue weighted by atomic mass is 9.84. The van der Waals surface area contributed by atoms with E-state index in [1.165, 1.54) is 12.1 Å². The van der Waals surface area contributed by atoms with Gasteiger partial charge in [0, 0.05) is 18.8 Å². The Morgan fingerprint density at radius 3 is 2.22 bits per heavy atom. The molecule has 0 unspecified atom stereocenters. The molecule has 1 aromatic carbocycles. The van der Waals surface area contributed by atoms with Crippen LogP contribution < -0.4 is 10.5 Å². The summed E-state index contributed by atoms with van der Waals surface area (Å²) in [5, 5.41) is 0. The predicted molar refractivity (Wildman–Crippen MR) is 66.2 cm³/mol. The Kier molecular flexibility index (Phi) is 5.31. The SMILES string of the molecule is Cl.NC1(c2ccc(OC(F)F)cc2)CCOCC1. The van der Waals surface area contributed by atoms with E-state index < -0.39 is 12.2 Å². The van der Waals surface area contributed by atoms with Gasteiger partial charge in [-0.25, -0.2) is 0 Å². The molecular formula is C12H16ClF2NO2. The van der Waals surface area contributed by atoms with Gasteiger partial charge in [0.15, 0.2) is 0 Å². The number of alkyl halides is 2. The number of hydrogen-bond acceptors (Lipinski definition) is 3. The predicted octanol–water partition coefficient (Wildman–Crippen LogP) is 2.67. The van der Waals surface area contributed by atoms with E-state index in [9.17, 15) is 8.78 Å². The van der Waals surface area contributed by atoms with Crippen LogP contribution in [0.3, 0.4) is 0 Å². The molecule has 0 saturated carbocycles. The quantitative estimate of drug-likeness (QED) is 0.925.